The summed E-state index contributed by atoms with van der Waals surface area (Å²) in [6.07, 6.45) is 9.87. The van der Waals surface area contributed by atoms with Crippen LogP contribution in [-0.4, -0.2) is 73.2 Å². The zero-order chi connectivity index (χ0) is 21.3. The van der Waals surface area contributed by atoms with Crippen molar-refractivity contribution in [3.8, 4) is 0 Å². The maximum atomic E-state index is 13.1. The molecule has 1 saturated heterocycles. The number of aromatic nitrogens is 1. The van der Waals surface area contributed by atoms with Crippen LogP contribution in [0.5, 0.6) is 0 Å². The summed E-state index contributed by atoms with van der Waals surface area (Å²) in [7, 11) is 0. The van der Waals surface area contributed by atoms with Crippen LogP contribution < -0.4 is 15.5 Å². The molecule has 3 fully saturated rings. The molecule has 0 bridgehead atoms. The Morgan fingerprint density at radius 3 is 2.74 bits per heavy atom. The Balaban J connectivity index is 1.30. The van der Waals surface area contributed by atoms with Crippen LogP contribution in [0.15, 0.2) is 12.3 Å². The predicted molar refractivity (Wildman–Crippen MR) is 118 cm³/mol. The second kappa shape index (κ2) is 8.74. The van der Waals surface area contributed by atoms with E-state index in [1.807, 2.05) is 11.0 Å². The fraction of sp³-hybridized carbons (Fsp3) is 0.696. The van der Waals surface area contributed by atoms with E-state index in [1.54, 1.807) is 6.20 Å². The molecule has 2 aliphatic carbocycles. The largest absolute Gasteiger partial charge is 0.379 e. The Bertz CT molecular complexity index is 829. The lowest BCUT2D eigenvalue weighted by Gasteiger charge is -2.48. The minimum Gasteiger partial charge on any atom is -0.379 e. The maximum Gasteiger partial charge on any atom is 0.252 e. The monoisotopic (exact) mass is 427 g/mol. The van der Waals surface area contributed by atoms with Gasteiger partial charge in [0.1, 0.15) is 5.82 Å². The van der Waals surface area contributed by atoms with Crippen LogP contribution in [0.25, 0.3) is 0 Å². The SMILES string of the molecule is O=C(NCC1(N2CCOCC2)CCCCC1)c1cnc2c(c1)N(CC1CC1)C(=O)CN2. The van der Waals surface area contributed by atoms with E-state index in [0.717, 1.165) is 51.4 Å². The average Bonchev–Trinajstić information content (AvgIpc) is 3.64. The number of nitrogens with one attached hydrogen (secondary N) is 2. The van der Waals surface area contributed by atoms with Gasteiger partial charge in [0.05, 0.1) is 31.0 Å². The summed E-state index contributed by atoms with van der Waals surface area (Å²) >= 11 is 0. The van der Waals surface area contributed by atoms with Gasteiger partial charge in [-0.2, -0.15) is 0 Å². The van der Waals surface area contributed by atoms with E-state index in [9.17, 15) is 9.59 Å². The van der Waals surface area contributed by atoms with E-state index >= 15 is 0 Å². The average molecular weight is 428 g/mol. The maximum absolute atomic E-state index is 13.1. The molecule has 31 heavy (non-hydrogen) atoms. The summed E-state index contributed by atoms with van der Waals surface area (Å²) in [6.45, 7) is 5.03. The molecule has 8 nitrogen and oxygen atoms in total. The number of amides is 2. The molecule has 0 atom stereocenters. The number of fused-ring (bicyclic) bond motifs is 1. The van der Waals surface area contributed by atoms with Gasteiger partial charge in [0.15, 0.2) is 0 Å². The number of hydrogen-bond donors (Lipinski definition) is 2. The van der Waals surface area contributed by atoms with Crippen LogP contribution >= 0.6 is 0 Å². The number of hydrogen-bond acceptors (Lipinski definition) is 6. The molecular formula is C23H33N5O3. The van der Waals surface area contributed by atoms with Crippen molar-refractivity contribution in [2.75, 3.05) is 56.2 Å². The molecule has 0 aromatic carbocycles. The van der Waals surface area contributed by atoms with Gasteiger partial charge in [0, 0.05) is 37.9 Å². The topological polar surface area (TPSA) is 86.8 Å². The molecule has 2 saturated carbocycles. The number of carbonyl (C=O) groups is 2. The van der Waals surface area contributed by atoms with Gasteiger partial charge >= 0.3 is 0 Å². The molecule has 0 radical (unpaired) electrons. The van der Waals surface area contributed by atoms with Gasteiger partial charge in [-0.15, -0.1) is 0 Å². The Morgan fingerprint density at radius 2 is 2.00 bits per heavy atom. The van der Waals surface area contributed by atoms with Gasteiger partial charge in [0.2, 0.25) is 5.91 Å². The highest BCUT2D eigenvalue weighted by Crippen LogP contribution is 2.36. The molecule has 5 rings (SSSR count). The second-order valence-corrected chi connectivity index (χ2v) is 9.46. The Kier molecular flexibility index (Phi) is 5.84. The quantitative estimate of drug-likeness (QED) is 0.722. The van der Waals surface area contributed by atoms with E-state index in [-0.39, 0.29) is 23.9 Å². The van der Waals surface area contributed by atoms with Crippen LogP contribution in [-0.2, 0) is 9.53 Å². The normalized spacial score (nSPS) is 23.7. The standard InChI is InChI=1S/C23H33N5O3/c29-20-14-25-21-19(28(20)15-17-4-5-17)12-18(13-24-21)22(30)26-16-23(6-2-1-3-7-23)27-8-10-31-11-9-27/h12-13,17H,1-11,14-16H2,(H,24,25)(H,26,30). The Labute approximate surface area is 183 Å². The summed E-state index contributed by atoms with van der Waals surface area (Å²) in [6, 6.07) is 1.83. The number of anilines is 2. The van der Waals surface area contributed by atoms with E-state index in [4.69, 9.17) is 4.74 Å². The number of rotatable bonds is 6. The first-order valence-corrected chi connectivity index (χ1v) is 11.8. The summed E-state index contributed by atoms with van der Waals surface area (Å²) < 4.78 is 5.56. The van der Waals surface area contributed by atoms with Gasteiger partial charge in [-0.1, -0.05) is 19.3 Å². The van der Waals surface area contributed by atoms with Crippen molar-refractivity contribution in [2.45, 2.75) is 50.5 Å². The number of morpholine rings is 1. The minimum atomic E-state index is -0.113. The Morgan fingerprint density at radius 1 is 1.23 bits per heavy atom. The first-order chi connectivity index (χ1) is 15.1. The van der Waals surface area contributed by atoms with Gasteiger partial charge < -0.3 is 20.3 Å². The highest BCUT2D eigenvalue weighted by molar-refractivity contribution is 6.04. The first-order valence-electron chi connectivity index (χ1n) is 11.8. The number of nitrogens with zero attached hydrogens (tertiary/aromatic N) is 3. The van der Waals surface area contributed by atoms with Crippen molar-refractivity contribution in [3.63, 3.8) is 0 Å². The summed E-state index contributed by atoms with van der Waals surface area (Å²) in [5.41, 5.74) is 1.27. The summed E-state index contributed by atoms with van der Waals surface area (Å²) in [5.74, 6) is 1.20. The number of ether oxygens (including phenoxy) is 1. The number of pyridine rings is 1. The molecule has 1 aromatic heterocycles. The molecule has 2 aliphatic heterocycles. The zero-order valence-electron chi connectivity index (χ0n) is 18.2. The van der Waals surface area contributed by atoms with Crippen LogP contribution in [0.3, 0.4) is 0 Å². The Hall–Kier alpha value is -2.19. The lowest BCUT2D eigenvalue weighted by atomic mass is 9.79. The van der Waals surface area contributed by atoms with Crippen molar-refractivity contribution < 1.29 is 14.3 Å². The molecule has 0 spiro atoms. The molecule has 4 aliphatic rings. The van der Waals surface area contributed by atoms with Crippen molar-refractivity contribution >= 4 is 23.3 Å². The van der Waals surface area contributed by atoms with Gasteiger partial charge in [-0.05, 0) is 37.7 Å². The van der Waals surface area contributed by atoms with Crippen molar-refractivity contribution in [1.82, 2.24) is 15.2 Å². The highest BCUT2D eigenvalue weighted by Gasteiger charge is 2.39. The molecular weight excluding hydrogens is 394 g/mol. The first kappa shape index (κ1) is 20.7. The zero-order valence-corrected chi connectivity index (χ0v) is 18.2. The van der Waals surface area contributed by atoms with Crippen molar-refractivity contribution in [2.24, 2.45) is 5.92 Å². The lowest BCUT2D eigenvalue weighted by molar-refractivity contribution is -0.117. The van der Waals surface area contributed by atoms with E-state index in [0.29, 0.717) is 23.8 Å². The molecule has 8 heteroatoms. The predicted octanol–water partition coefficient (Wildman–Crippen LogP) is 2.01. The molecule has 3 heterocycles. The van der Waals surface area contributed by atoms with Crippen LogP contribution in [0.4, 0.5) is 11.5 Å². The third-order valence-electron chi connectivity index (χ3n) is 7.31. The van der Waals surface area contributed by atoms with Gasteiger partial charge in [-0.25, -0.2) is 4.98 Å². The third-order valence-corrected chi connectivity index (χ3v) is 7.31. The fourth-order valence-corrected chi connectivity index (χ4v) is 5.27. The molecule has 2 amide bonds. The minimum absolute atomic E-state index is 0.0227. The van der Waals surface area contributed by atoms with Crippen LogP contribution in [0.2, 0.25) is 0 Å². The molecule has 1 aromatic rings. The lowest BCUT2D eigenvalue weighted by Crippen LogP contribution is -2.59. The smallest absolute Gasteiger partial charge is 0.252 e. The van der Waals surface area contributed by atoms with Crippen molar-refractivity contribution in [1.29, 1.82) is 0 Å². The molecule has 2 N–H and O–H groups in total. The fourth-order valence-electron chi connectivity index (χ4n) is 5.27. The van der Waals surface area contributed by atoms with E-state index in [1.165, 1.54) is 32.1 Å². The second-order valence-electron chi connectivity index (χ2n) is 9.46. The van der Waals surface area contributed by atoms with Crippen molar-refractivity contribution in [3.05, 3.63) is 17.8 Å². The van der Waals surface area contributed by atoms with Crippen LogP contribution in [0, 0.1) is 5.92 Å². The van der Waals surface area contributed by atoms with Gasteiger partial charge in [0.25, 0.3) is 5.91 Å². The summed E-state index contributed by atoms with van der Waals surface area (Å²) in [5, 5.41) is 6.29. The van der Waals surface area contributed by atoms with E-state index in [2.05, 4.69) is 20.5 Å². The third kappa shape index (κ3) is 4.41. The molecule has 0 unspecified atom stereocenters. The molecule has 168 valence electrons. The van der Waals surface area contributed by atoms with Crippen LogP contribution in [0.1, 0.15) is 55.3 Å². The van der Waals surface area contributed by atoms with Gasteiger partial charge in [-0.3, -0.25) is 14.5 Å². The number of carbonyl (C=O) groups excluding carboxylic acids is 2. The summed E-state index contributed by atoms with van der Waals surface area (Å²) in [4.78, 5) is 34.4. The van der Waals surface area contributed by atoms with E-state index < -0.39 is 0 Å². The highest BCUT2D eigenvalue weighted by atomic mass is 16.5.